The minimum atomic E-state index is -0.450. The molecule has 4 rings (SSSR count). The summed E-state index contributed by atoms with van der Waals surface area (Å²) in [6.45, 7) is 0.138. The number of non-ortho nitro benzene ring substituents is 1. The van der Waals surface area contributed by atoms with E-state index in [2.05, 4.69) is 10.3 Å². The highest BCUT2D eigenvalue weighted by atomic mass is 35.5. The van der Waals surface area contributed by atoms with E-state index in [1.807, 2.05) is 12.1 Å². The molecule has 1 aliphatic rings. The minimum absolute atomic E-state index is 0.000165. The third-order valence-corrected chi connectivity index (χ3v) is 5.96. The standard InChI is InChI=1S/C24H18ClN3O5S/c1-32-21-12-15(9-10-20(21)33-14-16-5-4-6-17(11-16)28(30)31)13-22-23(29)27-24(34-22)26-19-8-3-2-7-18(19)25/h2-13H,14H2,1H3,(H,26,27,29)/b22-13-. The normalized spacial score (nSPS) is 15.4. The van der Waals surface area contributed by atoms with Gasteiger partial charge in [0.1, 0.15) is 6.61 Å². The predicted molar refractivity (Wildman–Crippen MR) is 133 cm³/mol. The van der Waals surface area contributed by atoms with E-state index in [0.29, 0.717) is 37.8 Å². The second kappa shape index (κ2) is 10.4. The van der Waals surface area contributed by atoms with E-state index in [4.69, 9.17) is 21.1 Å². The number of nitrogens with zero attached hydrogens (tertiary/aromatic N) is 2. The molecule has 34 heavy (non-hydrogen) atoms. The Morgan fingerprint density at radius 1 is 1.12 bits per heavy atom. The maximum absolute atomic E-state index is 12.4. The van der Waals surface area contributed by atoms with E-state index in [9.17, 15) is 14.9 Å². The molecule has 172 valence electrons. The van der Waals surface area contributed by atoms with Gasteiger partial charge >= 0.3 is 0 Å². The summed E-state index contributed by atoms with van der Waals surface area (Å²) in [5.41, 5.74) is 1.96. The molecule has 10 heteroatoms. The number of amidine groups is 1. The first kappa shape index (κ1) is 23.3. The quantitative estimate of drug-likeness (QED) is 0.255. The molecule has 0 aliphatic carbocycles. The SMILES string of the molecule is COc1cc(/C=C2\SC(=Nc3ccccc3Cl)NC2=O)ccc1OCc1cccc([N+](=O)[O-])c1. The van der Waals surface area contributed by atoms with Crippen LogP contribution in [0.1, 0.15) is 11.1 Å². The van der Waals surface area contributed by atoms with E-state index in [1.54, 1.807) is 48.5 Å². The van der Waals surface area contributed by atoms with Crippen molar-refractivity contribution in [3.8, 4) is 11.5 Å². The van der Waals surface area contributed by atoms with E-state index < -0.39 is 4.92 Å². The fourth-order valence-corrected chi connectivity index (χ4v) is 4.11. The van der Waals surface area contributed by atoms with Crippen molar-refractivity contribution < 1.29 is 19.2 Å². The summed E-state index contributed by atoms with van der Waals surface area (Å²) in [6, 6.07) is 18.6. The molecule has 0 atom stereocenters. The molecule has 1 N–H and O–H groups in total. The van der Waals surface area contributed by atoms with E-state index in [-0.39, 0.29) is 18.2 Å². The van der Waals surface area contributed by atoms with Gasteiger partial charge < -0.3 is 14.8 Å². The van der Waals surface area contributed by atoms with Crippen molar-refractivity contribution in [3.63, 3.8) is 0 Å². The van der Waals surface area contributed by atoms with Crippen molar-refractivity contribution in [2.75, 3.05) is 7.11 Å². The lowest BCUT2D eigenvalue weighted by Crippen LogP contribution is -2.19. The number of rotatable bonds is 7. The number of halogens is 1. The van der Waals surface area contributed by atoms with Gasteiger partial charge in [-0.15, -0.1) is 0 Å². The summed E-state index contributed by atoms with van der Waals surface area (Å²) < 4.78 is 11.2. The molecule has 1 saturated heterocycles. The van der Waals surface area contributed by atoms with Crippen LogP contribution in [0.25, 0.3) is 6.08 Å². The topological polar surface area (TPSA) is 103 Å². The monoisotopic (exact) mass is 495 g/mol. The lowest BCUT2D eigenvalue weighted by molar-refractivity contribution is -0.384. The highest BCUT2D eigenvalue weighted by Crippen LogP contribution is 2.33. The number of nitro groups is 1. The number of methoxy groups -OCH3 is 1. The largest absolute Gasteiger partial charge is 0.493 e. The van der Waals surface area contributed by atoms with Crippen LogP contribution in [-0.2, 0) is 11.4 Å². The van der Waals surface area contributed by atoms with Crippen molar-refractivity contribution >= 4 is 51.9 Å². The zero-order valence-corrected chi connectivity index (χ0v) is 19.4. The third kappa shape index (κ3) is 5.56. The van der Waals surface area contributed by atoms with Crippen LogP contribution in [0.4, 0.5) is 11.4 Å². The first-order valence-electron chi connectivity index (χ1n) is 10.0. The van der Waals surface area contributed by atoms with Crippen LogP contribution in [0.5, 0.6) is 11.5 Å². The highest BCUT2D eigenvalue weighted by Gasteiger charge is 2.24. The molecule has 3 aromatic rings. The van der Waals surface area contributed by atoms with Crippen molar-refractivity contribution in [3.05, 3.63) is 97.9 Å². The van der Waals surface area contributed by atoms with Crippen LogP contribution in [0.2, 0.25) is 5.02 Å². The Hall–Kier alpha value is -3.82. The Bertz CT molecular complexity index is 1330. The van der Waals surface area contributed by atoms with Crippen LogP contribution in [0.15, 0.2) is 76.6 Å². The van der Waals surface area contributed by atoms with Gasteiger partial charge in [0, 0.05) is 12.1 Å². The molecule has 0 spiro atoms. The van der Waals surface area contributed by atoms with Crippen LogP contribution in [-0.4, -0.2) is 23.1 Å². The Morgan fingerprint density at radius 2 is 1.94 bits per heavy atom. The van der Waals surface area contributed by atoms with Gasteiger partial charge in [-0.1, -0.05) is 41.9 Å². The number of carbonyl (C=O) groups excluding carboxylic acids is 1. The molecule has 8 nitrogen and oxygen atoms in total. The molecule has 0 aromatic heterocycles. The zero-order chi connectivity index (χ0) is 24.1. The zero-order valence-electron chi connectivity index (χ0n) is 17.9. The maximum Gasteiger partial charge on any atom is 0.269 e. The average molecular weight is 496 g/mol. The summed E-state index contributed by atoms with van der Waals surface area (Å²) in [7, 11) is 1.51. The van der Waals surface area contributed by atoms with Gasteiger partial charge in [0.05, 0.1) is 27.6 Å². The minimum Gasteiger partial charge on any atom is -0.493 e. The van der Waals surface area contributed by atoms with Crippen LogP contribution < -0.4 is 14.8 Å². The summed E-state index contributed by atoms with van der Waals surface area (Å²) in [5.74, 6) is 0.676. The van der Waals surface area contributed by atoms with E-state index in [0.717, 1.165) is 5.56 Å². The molecule has 1 amide bonds. The van der Waals surface area contributed by atoms with E-state index in [1.165, 1.54) is 31.0 Å². The van der Waals surface area contributed by atoms with Gasteiger partial charge in [-0.3, -0.25) is 14.9 Å². The Balaban J connectivity index is 1.49. The molecule has 1 fully saturated rings. The number of para-hydroxylation sites is 1. The van der Waals surface area contributed by atoms with Gasteiger partial charge in [-0.2, -0.15) is 0 Å². The number of thioether (sulfide) groups is 1. The number of nitrogens with one attached hydrogen (secondary N) is 1. The van der Waals surface area contributed by atoms with Crippen molar-refractivity contribution in [1.82, 2.24) is 5.32 Å². The lowest BCUT2D eigenvalue weighted by atomic mass is 10.1. The molecular weight excluding hydrogens is 478 g/mol. The van der Waals surface area contributed by atoms with E-state index >= 15 is 0 Å². The predicted octanol–water partition coefficient (Wildman–Crippen LogP) is 5.73. The molecule has 3 aromatic carbocycles. The summed E-state index contributed by atoms with van der Waals surface area (Å²) in [4.78, 5) is 27.8. The number of ether oxygens (including phenoxy) is 2. The van der Waals surface area contributed by atoms with Crippen molar-refractivity contribution in [1.29, 1.82) is 0 Å². The Morgan fingerprint density at radius 3 is 2.71 bits per heavy atom. The van der Waals surface area contributed by atoms with Gasteiger partial charge in [0.15, 0.2) is 16.7 Å². The number of hydrogen-bond acceptors (Lipinski definition) is 7. The number of hydrogen-bond donors (Lipinski definition) is 1. The number of nitro benzene ring substituents is 1. The highest BCUT2D eigenvalue weighted by molar-refractivity contribution is 8.18. The molecule has 0 bridgehead atoms. The maximum atomic E-state index is 12.4. The number of benzene rings is 3. The first-order valence-corrected chi connectivity index (χ1v) is 11.2. The van der Waals surface area contributed by atoms with Gasteiger partial charge in [-0.05, 0) is 53.2 Å². The average Bonchev–Trinajstić information content (AvgIpc) is 3.18. The third-order valence-electron chi connectivity index (χ3n) is 4.73. The van der Waals surface area contributed by atoms with Crippen molar-refractivity contribution in [2.24, 2.45) is 4.99 Å². The number of aliphatic imine (C=N–C) groups is 1. The summed E-state index contributed by atoms with van der Waals surface area (Å²) in [6.07, 6.45) is 1.72. The van der Waals surface area contributed by atoms with Gasteiger partial charge in [-0.25, -0.2) is 4.99 Å². The first-order chi connectivity index (χ1) is 16.4. The Labute approximate surface area is 204 Å². The lowest BCUT2D eigenvalue weighted by Gasteiger charge is -2.11. The van der Waals surface area contributed by atoms with Crippen LogP contribution >= 0.6 is 23.4 Å². The molecule has 0 saturated carbocycles. The fourth-order valence-electron chi connectivity index (χ4n) is 3.10. The smallest absolute Gasteiger partial charge is 0.269 e. The molecule has 0 radical (unpaired) electrons. The van der Waals surface area contributed by atoms with Crippen molar-refractivity contribution in [2.45, 2.75) is 6.61 Å². The summed E-state index contributed by atoms with van der Waals surface area (Å²) in [5, 5.41) is 14.6. The second-order valence-electron chi connectivity index (χ2n) is 7.06. The molecule has 1 heterocycles. The molecular formula is C24H18ClN3O5S. The Kier molecular flexibility index (Phi) is 7.15. The molecule has 1 aliphatic heterocycles. The summed E-state index contributed by atoms with van der Waals surface area (Å²) >= 11 is 7.35. The molecule has 0 unspecified atom stereocenters. The fraction of sp³-hybridized carbons (Fsp3) is 0.0833. The number of amides is 1. The second-order valence-corrected chi connectivity index (χ2v) is 8.50. The number of carbonyl (C=O) groups is 1. The van der Waals surface area contributed by atoms with Gasteiger partial charge in [0.2, 0.25) is 0 Å². The van der Waals surface area contributed by atoms with Gasteiger partial charge in [0.25, 0.3) is 11.6 Å². The van der Waals surface area contributed by atoms with Crippen LogP contribution in [0.3, 0.4) is 0 Å². The van der Waals surface area contributed by atoms with Crippen LogP contribution in [0, 0.1) is 10.1 Å².